The molecule has 0 unspecified atom stereocenters. The number of ether oxygens (including phenoxy) is 1. The van der Waals surface area contributed by atoms with Gasteiger partial charge in [-0.05, 0) is 54.2 Å². The summed E-state index contributed by atoms with van der Waals surface area (Å²) in [4.78, 5) is 71.4. The molecule has 0 aromatic heterocycles. The highest BCUT2D eigenvalue weighted by atomic mass is 16.5. The second-order valence-electron chi connectivity index (χ2n) is 13.7. The van der Waals surface area contributed by atoms with E-state index in [9.17, 15) is 29.7 Å². The topological polar surface area (TPSA) is 159 Å². The molecule has 1 aliphatic heterocycles. The van der Waals surface area contributed by atoms with Gasteiger partial charge in [-0.2, -0.15) is 0 Å². The Labute approximate surface area is 298 Å². The van der Waals surface area contributed by atoms with Crippen molar-refractivity contribution in [3.05, 3.63) is 137 Å². The molecule has 10 nitrogen and oxygen atoms in total. The Morgan fingerprint density at radius 3 is 2.23 bits per heavy atom. The average Bonchev–Trinajstić information content (AvgIpc) is 3.41. The van der Waals surface area contributed by atoms with E-state index in [4.69, 9.17) is 4.74 Å². The number of methoxy groups -OCH3 is 1. The third-order valence-electron chi connectivity index (χ3n) is 11.4. The molecule has 10 heteroatoms. The van der Waals surface area contributed by atoms with E-state index in [1.165, 1.54) is 31.4 Å². The summed E-state index contributed by atoms with van der Waals surface area (Å²) in [6, 6.07) is 26.3. The minimum Gasteiger partial charge on any atom is -0.508 e. The molecule has 0 spiro atoms. The molecule has 2 amide bonds. The van der Waals surface area contributed by atoms with Gasteiger partial charge in [0, 0.05) is 35.1 Å². The molecule has 52 heavy (non-hydrogen) atoms. The van der Waals surface area contributed by atoms with Crippen molar-refractivity contribution < 1.29 is 44.0 Å². The summed E-state index contributed by atoms with van der Waals surface area (Å²) < 4.78 is 5.82. The Bertz CT molecular complexity index is 2260. The number of aromatic hydroxyl groups is 2. The second-order valence-corrected chi connectivity index (χ2v) is 13.7. The first-order valence-corrected chi connectivity index (χ1v) is 17.0. The summed E-state index contributed by atoms with van der Waals surface area (Å²) >= 11 is 0. The fourth-order valence-electron chi connectivity index (χ4n) is 9.25. The van der Waals surface area contributed by atoms with Gasteiger partial charge in [-0.15, -0.1) is 0 Å². The summed E-state index contributed by atoms with van der Waals surface area (Å²) in [6.07, 6.45) is 3.60. The molecular formula is C42H33NO9. The van der Waals surface area contributed by atoms with Gasteiger partial charge in [0.25, 0.3) is 0 Å². The van der Waals surface area contributed by atoms with E-state index in [-0.39, 0.29) is 47.0 Å². The number of ketones is 2. The van der Waals surface area contributed by atoms with Crippen LogP contribution in [-0.2, 0) is 24.6 Å². The van der Waals surface area contributed by atoms with Gasteiger partial charge in [-0.1, -0.05) is 78.4 Å². The lowest BCUT2D eigenvalue weighted by atomic mass is 9.44. The maximum atomic E-state index is 15.2. The highest BCUT2D eigenvalue weighted by molar-refractivity contribution is 6.32. The molecule has 3 aliphatic carbocycles. The minimum absolute atomic E-state index is 0.0397. The van der Waals surface area contributed by atoms with Crippen LogP contribution in [0.25, 0.3) is 5.57 Å². The normalized spacial score (nSPS) is 26.6. The molecule has 0 bridgehead atoms. The number of aromatic carboxylic acids is 1. The van der Waals surface area contributed by atoms with Crippen molar-refractivity contribution >= 4 is 40.6 Å². The van der Waals surface area contributed by atoms with E-state index in [0.717, 1.165) is 22.6 Å². The number of carbonyl (C=O) groups is 5. The zero-order chi connectivity index (χ0) is 36.5. The van der Waals surface area contributed by atoms with Crippen molar-refractivity contribution in [2.75, 3.05) is 12.0 Å². The van der Waals surface area contributed by atoms with Crippen LogP contribution in [0.4, 0.5) is 5.69 Å². The predicted octanol–water partition coefficient (Wildman–Crippen LogP) is 5.83. The van der Waals surface area contributed by atoms with Gasteiger partial charge in [0.2, 0.25) is 11.8 Å². The van der Waals surface area contributed by atoms with Crippen LogP contribution in [0.15, 0.2) is 115 Å². The van der Waals surface area contributed by atoms with Crippen molar-refractivity contribution in [2.45, 2.75) is 24.2 Å². The Hall–Kier alpha value is -6.29. The molecule has 1 saturated carbocycles. The van der Waals surface area contributed by atoms with Crippen LogP contribution in [0.1, 0.15) is 45.8 Å². The number of carboxylic acids is 1. The summed E-state index contributed by atoms with van der Waals surface area (Å²) in [5.41, 5.74) is 0.932. The summed E-state index contributed by atoms with van der Waals surface area (Å²) in [5, 5.41) is 30.4. The molecule has 6 atom stereocenters. The molecule has 260 valence electrons. The first-order valence-electron chi connectivity index (χ1n) is 17.0. The fourth-order valence-corrected chi connectivity index (χ4v) is 9.25. The van der Waals surface area contributed by atoms with Crippen molar-refractivity contribution in [1.29, 1.82) is 0 Å². The van der Waals surface area contributed by atoms with E-state index in [1.54, 1.807) is 30.3 Å². The fraction of sp³-hybridized carbons (Fsp3) is 0.214. The number of amides is 2. The number of hydrogen-bond donors (Lipinski definition) is 3. The Morgan fingerprint density at radius 1 is 0.846 bits per heavy atom. The smallest absolute Gasteiger partial charge is 0.339 e. The van der Waals surface area contributed by atoms with Crippen LogP contribution in [0.3, 0.4) is 0 Å². The zero-order valence-corrected chi connectivity index (χ0v) is 27.9. The number of nitrogens with zero attached hydrogens (tertiary/aromatic N) is 1. The third-order valence-corrected chi connectivity index (χ3v) is 11.4. The van der Waals surface area contributed by atoms with Gasteiger partial charge in [-0.25, -0.2) is 9.69 Å². The summed E-state index contributed by atoms with van der Waals surface area (Å²) in [7, 11) is 1.46. The molecule has 4 aromatic rings. The lowest BCUT2D eigenvalue weighted by molar-refractivity contribution is -0.135. The lowest BCUT2D eigenvalue weighted by Crippen LogP contribution is -2.58. The molecule has 4 aliphatic rings. The first kappa shape index (κ1) is 32.9. The quantitative estimate of drug-likeness (QED) is 0.167. The molecular weight excluding hydrogens is 662 g/mol. The highest BCUT2D eigenvalue weighted by Gasteiger charge is 2.66. The van der Waals surface area contributed by atoms with E-state index < -0.39 is 58.5 Å². The van der Waals surface area contributed by atoms with Crippen molar-refractivity contribution in [1.82, 2.24) is 0 Å². The molecule has 1 heterocycles. The summed E-state index contributed by atoms with van der Waals surface area (Å²) in [6.45, 7) is 0. The van der Waals surface area contributed by atoms with Gasteiger partial charge in [-0.3, -0.25) is 19.2 Å². The van der Waals surface area contributed by atoms with Gasteiger partial charge < -0.3 is 20.1 Å². The van der Waals surface area contributed by atoms with Crippen LogP contribution in [-0.4, -0.2) is 51.8 Å². The van der Waals surface area contributed by atoms with Crippen LogP contribution < -0.4 is 9.64 Å². The standard InChI is InChI=1S/C42H33NO9/c1-52-34-19-25(44)13-15-28(34)37-26-16-17-29-36(40(49)43(39(29)48)24-12-14-27(41(50)51)33(45)18-24)31(26)20-32-38(47)30(22-8-4-2-5-9-22)21-35(46)42(32,37)23-10-6-3-7-11-23/h2-16,18-19,21,29,31-32,36-37,44-45H,17,20H2,1H3,(H,50,51)/t29-,31+,32-,36-,37+,42-/m0/s1. The van der Waals surface area contributed by atoms with Crippen molar-refractivity contribution in [3.63, 3.8) is 0 Å². The maximum absolute atomic E-state index is 15.2. The molecule has 3 N–H and O–H groups in total. The Morgan fingerprint density at radius 2 is 1.56 bits per heavy atom. The third kappa shape index (κ3) is 4.67. The maximum Gasteiger partial charge on any atom is 0.339 e. The number of Topliss-reactive ketones (excluding diaryl/α,β-unsaturated/α-hetero) is 1. The number of fused-ring (bicyclic) bond motifs is 4. The Kier molecular flexibility index (Phi) is 7.71. The zero-order valence-electron chi connectivity index (χ0n) is 27.9. The van der Waals surface area contributed by atoms with E-state index >= 15 is 9.59 Å². The first-order chi connectivity index (χ1) is 25.1. The van der Waals surface area contributed by atoms with Crippen LogP contribution in [0, 0.1) is 23.7 Å². The van der Waals surface area contributed by atoms with Crippen LogP contribution in [0.2, 0.25) is 0 Å². The number of rotatable bonds is 6. The number of phenols is 2. The van der Waals surface area contributed by atoms with E-state index in [2.05, 4.69) is 0 Å². The highest BCUT2D eigenvalue weighted by Crippen LogP contribution is 2.64. The van der Waals surface area contributed by atoms with E-state index in [1.807, 2.05) is 42.5 Å². The second kappa shape index (κ2) is 12.2. The number of imide groups is 1. The monoisotopic (exact) mass is 695 g/mol. The van der Waals surface area contributed by atoms with Gasteiger partial charge >= 0.3 is 5.97 Å². The van der Waals surface area contributed by atoms with Crippen LogP contribution in [0.5, 0.6) is 17.2 Å². The number of carboxylic acid groups (broad SMARTS) is 1. The van der Waals surface area contributed by atoms with Gasteiger partial charge in [0.15, 0.2) is 11.6 Å². The lowest BCUT2D eigenvalue weighted by Gasteiger charge is -2.55. The minimum atomic E-state index is -1.47. The SMILES string of the molecule is COc1cc(O)ccc1[C@H]1C2=CC[C@@H]3C(=O)N(c4ccc(C(=O)O)c(O)c4)C(=O)[C@@H]3[C@@H]2C[C@H]2C(=O)C(c3ccccc3)=CC(=O)[C@@]12c1ccccc1. The molecule has 0 radical (unpaired) electrons. The number of allylic oxidation sites excluding steroid dienone is 4. The number of hydrogen-bond acceptors (Lipinski definition) is 8. The van der Waals surface area contributed by atoms with Crippen LogP contribution >= 0.6 is 0 Å². The Balaban J connectivity index is 1.35. The number of benzene rings is 4. The average molecular weight is 696 g/mol. The predicted molar refractivity (Wildman–Crippen MR) is 189 cm³/mol. The number of carbonyl (C=O) groups excluding carboxylic acids is 4. The molecule has 8 rings (SSSR count). The van der Waals surface area contributed by atoms with Gasteiger partial charge in [0.1, 0.15) is 22.8 Å². The number of anilines is 1. The summed E-state index contributed by atoms with van der Waals surface area (Å²) in [5.74, 6) is -7.47. The molecule has 4 aromatic carbocycles. The largest absolute Gasteiger partial charge is 0.508 e. The van der Waals surface area contributed by atoms with Crippen molar-refractivity contribution in [2.24, 2.45) is 23.7 Å². The number of phenolic OH excluding ortho intramolecular Hbond substituents is 1. The molecule has 1 saturated heterocycles. The van der Waals surface area contributed by atoms with Gasteiger partial charge in [0.05, 0.1) is 30.0 Å². The molecule has 2 fully saturated rings. The van der Waals surface area contributed by atoms with E-state index in [0.29, 0.717) is 22.4 Å². The van der Waals surface area contributed by atoms with Crippen molar-refractivity contribution in [3.8, 4) is 17.2 Å².